The van der Waals surface area contributed by atoms with Crippen LogP contribution in [0.25, 0.3) is 0 Å². The van der Waals surface area contributed by atoms with E-state index in [1.54, 1.807) is 18.2 Å². The van der Waals surface area contributed by atoms with Crippen molar-refractivity contribution < 1.29 is 19.0 Å². The lowest BCUT2D eigenvalue weighted by molar-refractivity contribution is -0.123. The minimum absolute atomic E-state index is 0.0563. The Morgan fingerprint density at radius 1 is 1.19 bits per heavy atom. The van der Waals surface area contributed by atoms with Crippen molar-refractivity contribution >= 4 is 5.78 Å². The van der Waals surface area contributed by atoms with Crippen molar-refractivity contribution in [1.82, 2.24) is 0 Å². The van der Waals surface area contributed by atoms with Crippen LogP contribution in [0.15, 0.2) is 48.5 Å². The number of benzene rings is 2. The maximum absolute atomic E-state index is 11.6. The predicted octanol–water partition coefficient (Wildman–Crippen LogP) is 3.20. The Kier molecular flexibility index (Phi) is 3.88. The standard InChI is InChI=1S/C17H16O4/c1-12(18)14-8-5-9-15-17(14)21-16(11-19-15)20-10-13-6-3-2-4-7-13/h2-9,16H,10-11H2,1H3. The van der Waals surface area contributed by atoms with Gasteiger partial charge in [0, 0.05) is 0 Å². The normalized spacial score (nSPS) is 16.5. The highest BCUT2D eigenvalue weighted by Gasteiger charge is 2.25. The zero-order chi connectivity index (χ0) is 14.7. The first kappa shape index (κ1) is 13.6. The Bertz CT molecular complexity index is 636. The maximum Gasteiger partial charge on any atom is 0.234 e. The number of ketones is 1. The molecule has 3 rings (SSSR count). The molecule has 1 unspecified atom stereocenters. The minimum atomic E-state index is -0.516. The SMILES string of the molecule is CC(=O)c1cccc2c1OC(OCc1ccccc1)CO2. The molecule has 1 aliphatic heterocycles. The van der Waals surface area contributed by atoms with E-state index in [9.17, 15) is 4.79 Å². The van der Waals surface area contributed by atoms with E-state index in [0.29, 0.717) is 30.3 Å². The van der Waals surface area contributed by atoms with Gasteiger partial charge in [-0.2, -0.15) is 0 Å². The summed E-state index contributed by atoms with van der Waals surface area (Å²) < 4.78 is 17.1. The predicted molar refractivity (Wildman–Crippen MR) is 77.6 cm³/mol. The quantitative estimate of drug-likeness (QED) is 0.809. The van der Waals surface area contributed by atoms with Gasteiger partial charge in [0.05, 0.1) is 12.2 Å². The molecule has 0 fully saturated rings. The first-order valence-corrected chi connectivity index (χ1v) is 6.83. The molecule has 4 nitrogen and oxygen atoms in total. The summed E-state index contributed by atoms with van der Waals surface area (Å²) in [6.07, 6.45) is -0.516. The van der Waals surface area contributed by atoms with Crippen molar-refractivity contribution in [2.75, 3.05) is 6.61 Å². The molecule has 2 aromatic carbocycles. The third-order valence-electron chi connectivity index (χ3n) is 3.26. The molecule has 1 atom stereocenters. The summed E-state index contributed by atoms with van der Waals surface area (Å²) in [5, 5.41) is 0. The highest BCUT2D eigenvalue weighted by atomic mass is 16.7. The number of hydrogen-bond donors (Lipinski definition) is 0. The zero-order valence-corrected chi connectivity index (χ0v) is 11.7. The van der Waals surface area contributed by atoms with Crippen molar-refractivity contribution in [3.8, 4) is 11.5 Å². The molecule has 2 aromatic rings. The van der Waals surface area contributed by atoms with E-state index in [1.807, 2.05) is 30.3 Å². The molecule has 0 saturated heterocycles. The lowest BCUT2D eigenvalue weighted by Crippen LogP contribution is -2.32. The molecule has 0 radical (unpaired) electrons. The molecule has 0 saturated carbocycles. The summed E-state index contributed by atoms with van der Waals surface area (Å²) >= 11 is 0. The van der Waals surface area contributed by atoms with Crippen LogP contribution in [0.3, 0.4) is 0 Å². The molecule has 0 spiro atoms. The fraction of sp³-hybridized carbons (Fsp3) is 0.235. The van der Waals surface area contributed by atoms with Gasteiger partial charge in [0.2, 0.25) is 6.29 Å². The zero-order valence-electron chi connectivity index (χ0n) is 11.7. The average Bonchev–Trinajstić information content (AvgIpc) is 2.53. The van der Waals surface area contributed by atoms with Crippen molar-refractivity contribution in [1.29, 1.82) is 0 Å². The average molecular weight is 284 g/mol. The van der Waals surface area contributed by atoms with Gasteiger partial charge in [0.15, 0.2) is 23.9 Å². The van der Waals surface area contributed by atoms with Gasteiger partial charge in [-0.15, -0.1) is 0 Å². The fourth-order valence-corrected chi connectivity index (χ4v) is 2.20. The van der Waals surface area contributed by atoms with E-state index in [4.69, 9.17) is 14.2 Å². The second-order valence-electron chi connectivity index (χ2n) is 4.84. The lowest BCUT2D eigenvalue weighted by Gasteiger charge is -2.27. The molecule has 1 heterocycles. The molecule has 0 aromatic heterocycles. The molecule has 0 bridgehead atoms. The van der Waals surface area contributed by atoms with E-state index >= 15 is 0 Å². The Morgan fingerprint density at radius 2 is 2.00 bits per heavy atom. The van der Waals surface area contributed by atoms with Gasteiger partial charge >= 0.3 is 0 Å². The van der Waals surface area contributed by atoms with Gasteiger partial charge < -0.3 is 14.2 Å². The van der Waals surface area contributed by atoms with E-state index in [-0.39, 0.29) is 5.78 Å². The second kappa shape index (κ2) is 5.97. The Hall–Kier alpha value is -2.33. The largest absolute Gasteiger partial charge is 0.483 e. The summed E-state index contributed by atoms with van der Waals surface area (Å²) in [7, 11) is 0. The van der Waals surface area contributed by atoms with Gasteiger partial charge in [0.1, 0.15) is 0 Å². The summed E-state index contributed by atoms with van der Waals surface area (Å²) in [6, 6.07) is 15.1. The van der Waals surface area contributed by atoms with E-state index in [1.165, 1.54) is 6.92 Å². The van der Waals surface area contributed by atoms with Crippen LogP contribution in [0, 0.1) is 0 Å². The van der Waals surface area contributed by atoms with Gasteiger partial charge in [-0.1, -0.05) is 36.4 Å². The van der Waals surface area contributed by atoms with Crippen LogP contribution in [0.5, 0.6) is 11.5 Å². The van der Waals surface area contributed by atoms with Crippen LogP contribution < -0.4 is 9.47 Å². The van der Waals surface area contributed by atoms with Crippen molar-refractivity contribution in [3.05, 3.63) is 59.7 Å². The number of para-hydroxylation sites is 1. The Balaban J connectivity index is 1.71. The van der Waals surface area contributed by atoms with Crippen LogP contribution >= 0.6 is 0 Å². The second-order valence-corrected chi connectivity index (χ2v) is 4.84. The summed E-state index contributed by atoms with van der Waals surface area (Å²) in [5.74, 6) is 0.996. The Morgan fingerprint density at radius 3 is 2.76 bits per heavy atom. The van der Waals surface area contributed by atoms with Crippen molar-refractivity contribution in [2.45, 2.75) is 19.8 Å². The fourth-order valence-electron chi connectivity index (χ4n) is 2.20. The molecular formula is C17H16O4. The molecule has 0 amide bonds. The van der Waals surface area contributed by atoms with E-state index < -0.39 is 6.29 Å². The number of carbonyl (C=O) groups is 1. The van der Waals surface area contributed by atoms with E-state index in [0.717, 1.165) is 5.56 Å². The Labute approximate surface area is 123 Å². The topological polar surface area (TPSA) is 44.8 Å². The van der Waals surface area contributed by atoms with Crippen LogP contribution in [-0.4, -0.2) is 18.7 Å². The summed E-state index contributed by atoms with van der Waals surface area (Å²) in [5.41, 5.74) is 1.58. The van der Waals surface area contributed by atoms with Gasteiger partial charge in [-0.3, -0.25) is 4.79 Å². The molecule has 4 heteroatoms. The molecular weight excluding hydrogens is 268 g/mol. The molecule has 108 valence electrons. The third kappa shape index (κ3) is 3.06. The smallest absolute Gasteiger partial charge is 0.234 e. The van der Waals surface area contributed by atoms with Crippen LogP contribution in [-0.2, 0) is 11.3 Å². The van der Waals surface area contributed by atoms with Crippen LogP contribution in [0.4, 0.5) is 0 Å². The molecule has 1 aliphatic rings. The number of ether oxygens (including phenoxy) is 3. The number of fused-ring (bicyclic) bond motifs is 1. The molecule has 0 aliphatic carbocycles. The molecule has 0 N–H and O–H groups in total. The van der Waals surface area contributed by atoms with E-state index in [2.05, 4.69) is 0 Å². The van der Waals surface area contributed by atoms with Gasteiger partial charge in [-0.25, -0.2) is 0 Å². The van der Waals surface area contributed by atoms with Gasteiger partial charge in [-0.05, 0) is 24.6 Å². The third-order valence-corrected chi connectivity index (χ3v) is 3.26. The van der Waals surface area contributed by atoms with Crippen molar-refractivity contribution in [2.24, 2.45) is 0 Å². The first-order valence-electron chi connectivity index (χ1n) is 6.83. The number of Topliss-reactive ketones (excluding diaryl/α,β-unsaturated/α-hetero) is 1. The minimum Gasteiger partial charge on any atom is -0.483 e. The summed E-state index contributed by atoms with van der Waals surface area (Å²) in [6.45, 7) is 2.25. The van der Waals surface area contributed by atoms with Crippen molar-refractivity contribution in [3.63, 3.8) is 0 Å². The monoisotopic (exact) mass is 284 g/mol. The van der Waals surface area contributed by atoms with Crippen LogP contribution in [0.2, 0.25) is 0 Å². The van der Waals surface area contributed by atoms with Gasteiger partial charge in [0.25, 0.3) is 0 Å². The van der Waals surface area contributed by atoms with Crippen LogP contribution in [0.1, 0.15) is 22.8 Å². The lowest BCUT2D eigenvalue weighted by atomic mass is 10.1. The molecule has 21 heavy (non-hydrogen) atoms. The number of carbonyl (C=O) groups excluding carboxylic acids is 1. The first-order chi connectivity index (χ1) is 10.2. The number of hydrogen-bond acceptors (Lipinski definition) is 4. The maximum atomic E-state index is 11.6. The highest BCUT2D eigenvalue weighted by molar-refractivity contribution is 5.97. The summed E-state index contributed by atoms with van der Waals surface area (Å²) in [4.78, 5) is 11.6. The number of rotatable bonds is 4. The highest BCUT2D eigenvalue weighted by Crippen LogP contribution is 2.35.